The molecular formula is C26H20O8. The van der Waals surface area contributed by atoms with E-state index >= 15 is 0 Å². The number of aromatic carboxylic acids is 1. The van der Waals surface area contributed by atoms with E-state index in [0.29, 0.717) is 33.9 Å². The third kappa shape index (κ3) is 3.64. The van der Waals surface area contributed by atoms with Crippen LogP contribution in [-0.2, 0) is 21.7 Å². The van der Waals surface area contributed by atoms with Gasteiger partial charge in [-0.25, -0.2) is 9.59 Å². The van der Waals surface area contributed by atoms with Crippen molar-refractivity contribution in [3.8, 4) is 17.2 Å². The van der Waals surface area contributed by atoms with Crippen LogP contribution in [0.4, 0.5) is 0 Å². The molecule has 8 heteroatoms. The maximum absolute atomic E-state index is 13.1. The summed E-state index contributed by atoms with van der Waals surface area (Å²) in [5, 5.41) is 21.1. The van der Waals surface area contributed by atoms with Gasteiger partial charge in [-0.1, -0.05) is 18.2 Å². The highest BCUT2D eigenvalue weighted by atomic mass is 16.7. The number of aliphatic hydroxyl groups is 1. The SMILES string of the molecule is COc1ccc(C2(O)OC(=O)C(c3ccc4c(c3)OCO4)=C2Cc2cccc(C(=O)O)c2)cc1. The number of carboxylic acid groups (broad SMARTS) is 1. The number of ether oxygens (including phenoxy) is 4. The van der Waals surface area contributed by atoms with Gasteiger partial charge in [0.2, 0.25) is 6.79 Å². The second kappa shape index (κ2) is 8.24. The fraction of sp³-hybridized carbons (Fsp3) is 0.154. The summed E-state index contributed by atoms with van der Waals surface area (Å²) < 4.78 is 21.6. The topological polar surface area (TPSA) is 112 Å². The number of benzene rings is 3. The highest BCUT2D eigenvalue weighted by Gasteiger charge is 2.48. The molecule has 0 amide bonds. The van der Waals surface area contributed by atoms with Gasteiger partial charge in [0.15, 0.2) is 11.5 Å². The molecule has 172 valence electrons. The van der Waals surface area contributed by atoms with E-state index in [1.54, 1.807) is 54.6 Å². The Hall–Kier alpha value is -4.30. The Labute approximate surface area is 194 Å². The van der Waals surface area contributed by atoms with Crippen LogP contribution in [0, 0.1) is 0 Å². The predicted molar refractivity (Wildman–Crippen MR) is 120 cm³/mol. The molecule has 0 aromatic heterocycles. The highest BCUT2D eigenvalue weighted by Crippen LogP contribution is 2.46. The Balaban J connectivity index is 1.67. The molecule has 0 aliphatic carbocycles. The van der Waals surface area contributed by atoms with E-state index in [1.807, 2.05) is 0 Å². The first-order valence-corrected chi connectivity index (χ1v) is 10.4. The van der Waals surface area contributed by atoms with Gasteiger partial charge in [0.05, 0.1) is 18.2 Å². The van der Waals surface area contributed by atoms with Crippen molar-refractivity contribution in [1.82, 2.24) is 0 Å². The minimum atomic E-state index is -2.06. The van der Waals surface area contributed by atoms with Crippen molar-refractivity contribution in [3.05, 3.63) is 94.6 Å². The van der Waals surface area contributed by atoms with Crippen molar-refractivity contribution in [1.29, 1.82) is 0 Å². The quantitative estimate of drug-likeness (QED) is 0.538. The molecule has 0 bridgehead atoms. The van der Waals surface area contributed by atoms with Crippen LogP contribution in [0.5, 0.6) is 17.2 Å². The molecule has 1 unspecified atom stereocenters. The van der Waals surface area contributed by atoms with Crippen LogP contribution in [-0.4, -0.2) is 36.1 Å². The average Bonchev–Trinajstić information content (AvgIpc) is 3.41. The minimum Gasteiger partial charge on any atom is -0.497 e. The summed E-state index contributed by atoms with van der Waals surface area (Å²) in [7, 11) is 1.53. The largest absolute Gasteiger partial charge is 0.497 e. The molecule has 34 heavy (non-hydrogen) atoms. The highest BCUT2D eigenvalue weighted by molar-refractivity contribution is 6.20. The van der Waals surface area contributed by atoms with Gasteiger partial charge in [0.1, 0.15) is 5.75 Å². The molecular weight excluding hydrogens is 440 g/mol. The maximum Gasteiger partial charge on any atom is 0.342 e. The predicted octanol–water partition coefficient (Wildman–Crippen LogP) is 3.52. The third-order valence-corrected chi connectivity index (χ3v) is 5.85. The first-order valence-electron chi connectivity index (χ1n) is 10.4. The molecule has 2 aliphatic rings. The smallest absolute Gasteiger partial charge is 0.342 e. The normalized spacial score (nSPS) is 18.7. The minimum absolute atomic E-state index is 0.0686. The molecule has 3 aromatic carbocycles. The van der Waals surface area contributed by atoms with E-state index < -0.39 is 17.7 Å². The molecule has 3 aromatic rings. The number of carbonyl (C=O) groups is 2. The summed E-state index contributed by atoms with van der Waals surface area (Å²) in [6.45, 7) is 0.0763. The van der Waals surface area contributed by atoms with E-state index in [-0.39, 0.29) is 29.9 Å². The molecule has 2 aliphatic heterocycles. The number of carbonyl (C=O) groups excluding carboxylic acids is 1. The van der Waals surface area contributed by atoms with Crippen LogP contribution < -0.4 is 14.2 Å². The molecule has 0 fully saturated rings. The second-order valence-corrected chi connectivity index (χ2v) is 7.87. The van der Waals surface area contributed by atoms with Gasteiger partial charge >= 0.3 is 11.9 Å². The molecule has 2 N–H and O–H groups in total. The Bertz CT molecular complexity index is 1320. The lowest BCUT2D eigenvalue weighted by Crippen LogP contribution is -2.29. The van der Waals surface area contributed by atoms with Crippen LogP contribution in [0.15, 0.2) is 72.3 Å². The monoisotopic (exact) mass is 460 g/mol. The zero-order valence-electron chi connectivity index (χ0n) is 18.1. The number of esters is 1. The van der Waals surface area contributed by atoms with Crippen molar-refractivity contribution in [2.24, 2.45) is 0 Å². The van der Waals surface area contributed by atoms with Gasteiger partial charge in [0, 0.05) is 17.6 Å². The first-order chi connectivity index (χ1) is 16.4. The van der Waals surface area contributed by atoms with Crippen molar-refractivity contribution in [2.75, 3.05) is 13.9 Å². The van der Waals surface area contributed by atoms with Gasteiger partial charge < -0.3 is 29.2 Å². The molecule has 0 spiro atoms. The van der Waals surface area contributed by atoms with Crippen molar-refractivity contribution < 1.29 is 38.7 Å². The number of fused-ring (bicyclic) bond motifs is 1. The third-order valence-electron chi connectivity index (χ3n) is 5.85. The fourth-order valence-electron chi connectivity index (χ4n) is 4.16. The molecule has 0 radical (unpaired) electrons. The van der Waals surface area contributed by atoms with Crippen LogP contribution in [0.2, 0.25) is 0 Å². The van der Waals surface area contributed by atoms with Gasteiger partial charge in [-0.15, -0.1) is 0 Å². The Morgan fingerprint density at radius 1 is 1.03 bits per heavy atom. The molecule has 8 nitrogen and oxygen atoms in total. The fourth-order valence-corrected chi connectivity index (χ4v) is 4.16. The van der Waals surface area contributed by atoms with E-state index in [2.05, 4.69) is 0 Å². The lowest BCUT2D eigenvalue weighted by molar-refractivity contribution is -0.185. The number of hydrogen-bond acceptors (Lipinski definition) is 7. The Kier molecular flexibility index (Phi) is 5.22. The number of rotatable bonds is 6. The lowest BCUT2D eigenvalue weighted by atomic mass is 9.87. The van der Waals surface area contributed by atoms with Crippen molar-refractivity contribution in [3.63, 3.8) is 0 Å². The standard InChI is InChI=1S/C26H20O8/c1-31-19-8-6-18(7-9-19)26(30)20(12-15-3-2-4-17(11-15)24(27)28)23(25(29)34-26)16-5-10-21-22(13-16)33-14-32-21/h2-11,13,30H,12,14H2,1H3,(H,27,28). The maximum atomic E-state index is 13.1. The second-order valence-electron chi connectivity index (χ2n) is 7.87. The van der Waals surface area contributed by atoms with Crippen molar-refractivity contribution >= 4 is 17.5 Å². The van der Waals surface area contributed by atoms with Gasteiger partial charge in [-0.05, 0) is 59.7 Å². The Morgan fingerprint density at radius 3 is 2.53 bits per heavy atom. The molecule has 1 atom stereocenters. The van der Waals surface area contributed by atoms with E-state index in [1.165, 1.54) is 19.2 Å². The summed E-state index contributed by atoms with van der Waals surface area (Å²) in [4.78, 5) is 24.6. The van der Waals surface area contributed by atoms with Crippen LogP contribution in [0.25, 0.3) is 5.57 Å². The van der Waals surface area contributed by atoms with Gasteiger partial charge in [0.25, 0.3) is 5.79 Å². The molecule has 0 saturated carbocycles. The van der Waals surface area contributed by atoms with E-state index in [0.717, 1.165) is 0 Å². The number of methoxy groups -OCH3 is 1. The number of hydrogen-bond donors (Lipinski definition) is 2. The zero-order chi connectivity index (χ0) is 23.9. The van der Waals surface area contributed by atoms with Crippen molar-refractivity contribution in [2.45, 2.75) is 12.2 Å². The van der Waals surface area contributed by atoms with E-state index in [4.69, 9.17) is 18.9 Å². The summed E-state index contributed by atoms with van der Waals surface area (Å²) >= 11 is 0. The average molecular weight is 460 g/mol. The van der Waals surface area contributed by atoms with Crippen LogP contribution in [0.3, 0.4) is 0 Å². The summed E-state index contributed by atoms with van der Waals surface area (Å²) in [6, 6.07) is 17.9. The van der Waals surface area contributed by atoms with E-state index in [9.17, 15) is 19.8 Å². The Morgan fingerprint density at radius 2 is 1.79 bits per heavy atom. The lowest BCUT2D eigenvalue weighted by Gasteiger charge is -2.26. The molecule has 5 rings (SSSR count). The van der Waals surface area contributed by atoms with Crippen LogP contribution in [0.1, 0.15) is 27.0 Å². The molecule has 2 heterocycles. The van der Waals surface area contributed by atoms with Crippen LogP contribution >= 0.6 is 0 Å². The summed E-state index contributed by atoms with van der Waals surface area (Å²) in [5.41, 5.74) is 1.98. The zero-order valence-corrected chi connectivity index (χ0v) is 18.1. The summed E-state index contributed by atoms with van der Waals surface area (Å²) in [6.07, 6.45) is 0.0686. The number of cyclic esters (lactones) is 1. The van der Waals surface area contributed by atoms with Gasteiger partial charge in [-0.2, -0.15) is 0 Å². The summed E-state index contributed by atoms with van der Waals surface area (Å²) in [5.74, 6) is -2.24. The first kappa shape index (κ1) is 21.5. The molecule has 0 saturated heterocycles. The number of carboxylic acids is 1. The van der Waals surface area contributed by atoms with Gasteiger partial charge in [-0.3, -0.25) is 0 Å².